The Morgan fingerprint density at radius 2 is 1.86 bits per heavy atom. The third-order valence-corrected chi connectivity index (χ3v) is 3.76. The average Bonchev–Trinajstić information content (AvgIpc) is 2.51. The number of methoxy groups -OCH3 is 1. The molecule has 2 N–H and O–H groups in total. The van der Waals surface area contributed by atoms with E-state index >= 15 is 0 Å². The summed E-state index contributed by atoms with van der Waals surface area (Å²) in [5.74, 6) is 0.520. The maximum atomic E-state index is 12.1. The molecular formula is C17H19ClN2O2. The van der Waals surface area contributed by atoms with Gasteiger partial charge in [0.1, 0.15) is 5.75 Å². The summed E-state index contributed by atoms with van der Waals surface area (Å²) in [7, 11) is 1.54. The van der Waals surface area contributed by atoms with Crippen LogP contribution in [-0.2, 0) is 6.42 Å². The standard InChI is InChI=1S/C17H19ClN2O2/c1-4-12-5-7-13(8-6-12)19-17(21)20-15-9-11(2)14(18)10-16(15)22-3/h5-10H,4H2,1-3H3,(H2,19,20,21). The van der Waals surface area contributed by atoms with E-state index < -0.39 is 0 Å². The normalized spacial score (nSPS) is 10.2. The number of hydrogen-bond donors (Lipinski definition) is 2. The molecule has 0 saturated heterocycles. The molecule has 4 nitrogen and oxygen atoms in total. The Bertz CT molecular complexity index is 669. The van der Waals surface area contributed by atoms with Gasteiger partial charge in [-0.15, -0.1) is 0 Å². The predicted molar refractivity (Wildman–Crippen MR) is 91.2 cm³/mol. The SMILES string of the molecule is CCc1ccc(NC(=O)Nc2cc(C)c(Cl)cc2OC)cc1. The van der Waals surface area contributed by atoms with Gasteiger partial charge in [-0.25, -0.2) is 4.79 Å². The molecule has 5 heteroatoms. The highest BCUT2D eigenvalue weighted by molar-refractivity contribution is 6.31. The summed E-state index contributed by atoms with van der Waals surface area (Å²) in [5.41, 5.74) is 3.40. The summed E-state index contributed by atoms with van der Waals surface area (Å²) in [6.07, 6.45) is 0.966. The lowest BCUT2D eigenvalue weighted by atomic mass is 10.1. The Morgan fingerprint density at radius 3 is 2.45 bits per heavy atom. The molecule has 0 bridgehead atoms. The first-order chi connectivity index (χ1) is 10.5. The van der Waals surface area contributed by atoms with Crippen LogP contribution >= 0.6 is 11.6 Å². The van der Waals surface area contributed by atoms with Crippen LogP contribution in [0.4, 0.5) is 16.2 Å². The molecule has 0 unspecified atom stereocenters. The Kier molecular flexibility index (Phi) is 5.28. The van der Waals surface area contributed by atoms with Gasteiger partial charge in [0.05, 0.1) is 12.8 Å². The first kappa shape index (κ1) is 16.2. The van der Waals surface area contributed by atoms with Crippen LogP contribution in [0.15, 0.2) is 36.4 Å². The zero-order valence-electron chi connectivity index (χ0n) is 12.9. The second-order valence-corrected chi connectivity index (χ2v) is 5.34. The summed E-state index contributed by atoms with van der Waals surface area (Å²) >= 11 is 6.05. The number of benzene rings is 2. The first-order valence-electron chi connectivity index (χ1n) is 7.04. The van der Waals surface area contributed by atoms with Gasteiger partial charge in [0.15, 0.2) is 0 Å². The van der Waals surface area contributed by atoms with Gasteiger partial charge in [-0.1, -0.05) is 30.7 Å². The van der Waals surface area contributed by atoms with Crippen molar-refractivity contribution in [3.8, 4) is 5.75 Å². The lowest BCUT2D eigenvalue weighted by Crippen LogP contribution is -2.19. The van der Waals surface area contributed by atoms with Crippen LogP contribution in [0.2, 0.25) is 5.02 Å². The van der Waals surface area contributed by atoms with Crippen molar-refractivity contribution in [1.29, 1.82) is 0 Å². The zero-order valence-corrected chi connectivity index (χ0v) is 13.6. The van der Waals surface area contributed by atoms with Gasteiger partial charge in [-0.3, -0.25) is 0 Å². The van der Waals surface area contributed by atoms with Crippen molar-refractivity contribution < 1.29 is 9.53 Å². The highest BCUT2D eigenvalue weighted by atomic mass is 35.5. The van der Waals surface area contributed by atoms with Crippen molar-refractivity contribution in [3.05, 3.63) is 52.5 Å². The summed E-state index contributed by atoms with van der Waals surface area (Å²) in [6, 6.07) is 10.9. The van der Waals surface area contributed by atoms with Crippen LogP contribution in [0.5, 0.6) is 5.75 Å². The fraction of sp³-hybridized carbons (Fsp3) is 0.235. The van der Waals surface area contributed by atoms with E-state index in [1.54, 1.807) is 12.1 Å². The summed E-state index contributed by atoms with van der Waals surface area (Å²) < 4.78 is 5.24. The molecular weight excluding hydrogens is 300 g/mol. The first-order valence-corrected chi connectivity index (χ1v) is 7.42. The largest absolute Gasteiger partial charge is 0.495 e. The number of hydrogen-bond acceptors (Lipinski definition) is 2. The summed E-state index contributed by atoms with van der Waals surface area (Å²) in [6.45, 7) is 3.96. The number of carbonyl (C=O) groups is 1. The minimum absolute atomic E-state index is 0.329. The monoisotopic (exact) mass is 318 g/mol. The number of anilines is 2. The minimum atomic E-state index is -0.329. The molecule has 2 aromatic carbocycles. The van der Waals surface area contributed by atoms with E-state index in [0.29, 0.717) is 16.5 Å². The predicted octanol–water partition coefficient (Wildman–Crippen LogP) is 4.86. The number of urea groups is 1. The number of carbonyl (C=O) groups excluding carboxylic acids is 1. The Labute approximate surface area is 135 Å². The van der Waals surface area contributed by atoms with Gasteiger partial charge in [-0.05, 0) is 42.7 Å². The van der Waals surface area contributed by atoms with Crippen molar-refractivity contribution in [2.75, 3.05) is 17.7 Å². The van der Waals surface area contributed by atoms with Gasteiger partial charge < -0.3 is 15.4 Å². The van der Waals surface area contributed by atoms with Crippen molar-refractivity contribution in [2.45, 2.75) is 20.3 Å². The summed E-state index contributed by atoms with van der Waals surface area (Å²) in [4.78, 5) is 12.1. The molecule has 0 heterocycles. The van der Waals surface area contributed by atoms with E-state index in [4.69, 9.17) is 16.3 Å². The molecule has 0 aliphatic rings. The van der Waals surface area contributed by atoms with E-state index in [0.717, 1.165) is 17.7 Å². The number of rotatable bonds is 4. The maximum absolute atomic E-state index is 12.1. The van der Waals surface area contributed by atoms with Crippen LogP contribution in [0.1, 0.15) is 18.1 Å². The van der Waals surface area contributed by atoms with E-state index in [1.165, 1.54) is 12.7 Å². The summed E-state index contributed by atoms with van der Waals surface area (Å²) in [5, 5.41) is 6.16. The van der Waals surface area contributed by atoms with Crippen molar-refractivity contribution in [1.82, 2.24) is 0 Å². The Hall–Kier alpha value is -2.20. The van der Waals surface area contributed by atoms with Gasteiger partial charge >= 0.3 is 6.03 Å². The zero-order chi connectivity index (χ0) is 16.1. The van der Waals surface area contributed by atoms with Gasteiger partial charge in [-0.2, -0.15) is 0 Å². The minimum Gasteiger partial charge on any atom is -0.495 e. The Balaban J connectivity index is 2.09. The van der Waals surface area contributed by atoms with Gasteiger partial charge in [0.25, 0.3) is 0 Å². The molecule has 22 heavy (non-hydrogen) atoms. The fourth-order valence-electron chi connectivity index (χ4n) is 2.04. The molecule has 2 aromatic rings. The molecule has 2 amide bonds. The van der Waals surface area contributed by atoms with Gasteiger partial charge in [0, 0.05) is 16.8 Å². The van der Waals surface area contributed by atoms with E-state index in [-0.39, 0.29) is 6.03 Å². The molecule has 0 atom stereocenters. The molecule has 0 radical (unpaired) electrons. The number of halogens is 1. The molecule has 0 spiro atoms. The maximum Gasteiger partial charge on any atom is 0.323 e. The highest BCUT2D eigenvalue weighted by Crippen LogP contribution is 2.31. The van der Waals surface area contributed by atoms with E-state index in [1.807, 2.05) is 31.2 Å². The number of nitrogens with one attached hydrogen (secondary N) is 2. The van der Waals surface area contributed by atoms with Crippen LogP contribution in [0, 0.1) is 6.92 Å². The third-order valence-electron chi connectivity index (χ3n) is 3.35. The molecule has 0 aliphatic heterocycles. The lowest BCUT2D eigenvalue weighted by Gasteiger charge is -2.13. The molecule has 0 saturated carbocycles. The smallest absolute Gasteiger partial charge is 0.323 e. The lowest BCUT2D eigenvalue weighted by molar-refractivity contribution is 0.262. The van der Waals surface area contributed by atoms with Crippen LogP contribution in [0.25, 0.3) is 0 Å². The highest BCUT2D eigenvalue weighted by Gasteiger charge is 2.10. The van der Waals surface area contributed by atoms with Crippen molar-refractivity contribution in [3.63, 3.8) is 0 Å². The van der Waals surface area contributed by atoms with E-state index in [9.17, 15) is 4.79 Å². The van der Waals surface area contributed by atoms with Crippen LogP contribution in [-0.4, -0.2) is 13.1 Å². The van der Waals surface area contributed by atoms with Gasteiger partial charge in [0.2, 0.25) is 0 Å². The second kappa shape index (κ2) is 7.18. The number of ether oxygens (including phenoxy) is 1. The second-order valence-electron chi connectivity index (χ2n) is 4.93. The quantitative estimate of drug-likeness (QED) is 0.845. The molecule has 0 fully saturated rings. The third kappa shape index (κ3) is 3.92. The number of aryl methyl sites for hydroxylation is 2. The van der Waals surface area contributed by atoms with E-state index in [2.05, 4.69) is 17.6 Å². The molecule has 0 aliphatic carbocycles. The molecule has 116 valence electrons. The number of amides is 2. The molecule has 0 aromatic heterocycles. The van der Waals surface area contributed by atoms with Crippen LogP contribution in [0.3, 0.4) is 0 Å². The Morgan fingerprint density at radius 1 is 1.18 bits per heavy atom. The fourth-order valence-corrected chi connectivity index (χ4v) is 2.19. The van der Waals surface area contributed by atoms with Crippen LogP contribution < -0.4 is 15.4 Å². The van der Waals surface area contributed by atoms with Crippen molar-refractivity contribution >= 4 is 29.0 Å². The topological polar surface area (TPSA) is 50.4 Å². The van der Waals surface area contributed by atoms with Crippen molar-refractivity contribution in [2.24, 2.45) is 0 Å². The average molecular weight is 319 g/mol. The molecule has 2 rings (SSSR count).